The number of nitrogens with zero attached hydrogens (tertiary/aromatic N) is 4. The molecule has 0 bridgehead atoms. The van der Waals surface area contributed by atoms with Crippen molar-refractivity contribution in [2.45, 2.75) is 13.3 Å². The van der Waals surface area contributed by atoms with E-state index in [2.05, 4.69) is 26.2 Å². The summed E-state index contributed by atoms with van der Waals surface area (Å²) in [4.78, 5) is 0. The summed E-state index contributed by atoms with van der Waals surface area (Å²) in [5.74, 6) is 0. The second-order valence-electron chi connectivity index (χ2n) is 3.24. The maximum absolute atomic E-state index is 8.88. The lowest BCUT2D eigenvalue weighted by molar-refractivity contribution is 0.767. The Kier molecular flexibility index (Phi) is 3.02. The summed E-state index contributed by atoms with van der Waals surface area (Å²) in [5.41, 5.74) is 2.14. The molecular formula is C11H9BrN4. The molecular weight excluding hydrogens is 268 g/mol. The Morgan fingerprint density at radius 1 is 1.38 bits per heavy atom. The average Bonchev–Trinajstić information content (AvgIpc) is 2.72. The van der Waals surface area contributed by atoms with Gasteiger partial charge in [0.15, 0.2) is 5.69 Å². The van der Waals surface area contributed by atoms with Gasteiger partial charge < -0.3 is 0 Å². The van der Waals surface area contributed by atoms with E-state index in [1.165, 1.54) is 0 Å². The van der Waals surface area contributed by atoms with Gasteiger partial charge in [-0.25, -0.2) is 4.68 Å². The largest absolute Gasteiger partial charge is 0.216 e. The Bertz CT molecular complexity index is 536. The summed E-state index contributed by atoms with van der Waals surface area (Å²) >= 11 is 3.37. The van der Waals surface area contributed by atoms with Crippen LogP contribution in [0, 0.1) is 11.3 Å². The zero-order valence-corrected chi connectivity index (χ0v) is 10.3. The van der Waals surface area contributed by atoms with Gasteiger partial charge >= 0.3 is 0 Å². The monoisotopic (exact) mass is 276 g/mol. The summed E-state index contributed by atoms with van der Waals surface area (Å²) in [6.07, 6.45) is 0.728. The van der Waals surface area contributed by atoms with Gasteiger partial charge in [-0.05, 0) is 30.7 Å². The molecule has 4 nitrogen and oxygen atoms in total. The minimum atomic E-state index is 0.394. The van der Waals surface area contributed by atoms with Gasteiger partial charge in [-0.2, -0.15) is 5.26 Å². The van der Waals surface area contributed by atoms with E-state index < -0.39 is 0 Å². The topological polar surface area (TPSA) is 54.5 Å². The quantitative estimate of drug-likeness (QED) is 0.847. The van der Waals surface area contributed by atoms with Gasteiger partial charge in [0, 0.05) is 4.47 Å². The number of hydrogen-bond acceptors (Lipinski definition) is 3. The van der Waals surface area contributed by atoms with Gasteiger partial charge in [0.2, 0.25) is 0 Å². The van der Waals surface area contributed by atoms with E-state index >= 15 is 0 Å². The second kappa shape index (κ2) is 4.45. The standard InChI is InChI=1S/C11H9BrN4/c1-2-11-10(7-13)14-15-16(11)9-5-3-8(12)4-6-9/h3-6H,2H2,1H3. The zero-order valence-electron chi connectivity index (χ0n) is 8.68. The van der Waals surface area contributed by atoms with Crippen molar-refractivity contribution < 1.29 is 0 Å². The first-order chi connectivity index (χ1) is 7.76. The molecule has 0 fully saturated rings. The zero-order chi connectivity index (χ0) is 11.5. The van der Waals surface area contributed by atoms with E-state index in [4.69, 9.17) is 5.26 Å². The van der Waals surface area contributed by atoms with Crippen LogP contribution in [-0.2, 0) is 6.42 Å². The van der Waals surface area contributed by atoms with Crippen LogP contribution in [0.1, 0.15) is 18.3 Å². The second-order valence-corrected chi connectivity index (χ2v) is 4.15. The van der Waals surface area contributed by atoms with Crippen LogP contribution >= 0.6 is 15.9 Å². The van der Waals surface area contributed by atoms with E-state index in [9.17, 15) is 0 Å². The van der Waals surface area contributed by atoms with Crippen LogP contribution in [0.4, 0.5) is 0 Å². The Hall–Kier alpha value is -1.67. The van der Waals surface area contributed by atoms with Crippen LogP contribution in [-0.4, -0.2) is 15.0 Å². The van der Waals surface area contributed by atoms with E-state index in [1.54, 1.807) is 4.68 Å². The number of nitriles is 1. The molecule has 0 spiro atoms. The molecule has 0 aliphatic rings. The molecule has 1 aromatic carbocycles. The molecule has 0 radical (unpaired) electrons. The van der Waals surface area contributed by atoms with Crippen molar-refractivity contribution in [3.63, 3.8) is 0 Å². The molecule has 0 N–H and O–H groups in total. The van der Waals surface area contributed by atoms with Crippen molar-refractivity contribution in [2.24, 2.45) is 0 Å². The Balaban J connectivity index is 2.52. The predicted molar refractivity (Wildman–Crippen MR) is 63.2 cm³/mol. The van der Waals surface area contributed by atoms with E-state index in [1.807, 2.05) is 37.3 Å². The fourth-order valence-electron chi connectivity index (χ4n) is 1.50. The van der Waals surface area contributed by atoms with Crippen molar-refractivity contribution in [2.75, 3.05) is 0 Å². The van der Waals surface area contributed by atoms with Crippen LogP contribution < -0.4 is 0 Å². The SMILES string of the molecule is CCc1c(C#N)nnn1-c1ccc(Br)cc1. The number of rotatable bonds is 2. The number of benzene rings is 1. The summed E-state index contributed by atoms with van der Waals surface area (Å²) in [6, 6.07) is 9.77. The molecule has 0 aliphatic heterocycles. The van der Waals surface area contributed by atoms with Gasteiger partial charge in [0.1, 0.15) is 6.07 Å². The lowest BCUT2D eigenvalue weighted by atomic mass is 10.2. The maximum atomic E-state index is 8.88. The van der Waals surface area contributed by atoms with Gasteiger partial charge in [0.25, 0.3) is 0 Å². The first kappa shape index (κ1) is 10.8. The lowest BCUT2D eigenvalue weighted by Gasteiger charge is -2.04. The van der Waals surface area contributed by atoms with E-state index in [0.29, 0.717) is 5.69 Å². The molecule has 80 valence electrons. The fourth-order valence-corrected chi connectivity index (χ4v) is 1.76. The molecule has 0 amide bonds. The minimum Gasteiger partial charge on any atom is -0.216 e. The maximum Gasteiger partial charge on any atom is 0.186 e. The first-order valence-electron chi connectivity index (χ1n) is 4.87. The smallest absolute Gasteiger partial charge is 0.186 e. The average molecular weight is 277 g/mol. The molecule has 0 unspecified atom stereocenters. The molecule has 16 heavy (non-hydrogen) atoms. The molecule has 0 atom stereocenters. The van der Waals surface area contributed by atoms with Crippen molar-refractivity contribution in [1.29, 1.82) is 5.26 Å². The summed E-state index contributed by atoms with van der Waals surface area (Å²) < 4.78 is 2.71. The minimum absolute atomic E-state index is 0.394. The van der Waals surface area contributed by atoms with Crippen LogP contribution in [0.25, 0.3) is 5.69 Å². The molecule has 0 aliphatic carbocycles. The third kappa shape index (κ3) is 1.84. The number of aromatic nitrogens is 3. The van der Waals surface area contributed by atoms with Crippen molar-refractivity contribution in [3.05, 3.63) is 40.1 Å². The Morgan fingerprint density at radius 2 is 2.06 bits per heavy atom. The van der Waals surface area contributed by atoms with Gasteiger partial charge in [-0.3, -0.25) is 0 Å². The highest BCUT2D eigenvalue weighted by molar-refractivity contribution is 9.10. The highest BCUT2D eigenvalue weighted by atomic mass is 79.9. The van der Waals surface area contributed by atoms with Crippen molar-refractivity contribution in [1.82, 2.24) is 15.0 Å². The normalized spacial score (nSPS) is 10.1. The highest BCUT2D eigenvalue weighted by Crippen LogP contribution is 2.16. The lowest BCUT2D eigenvalue weighted by Crippen LogP contribution is -2.01. The third-order valence-electron chi connectivity index (χ3n) is 2.28. The molecule has 2 aromatic rings. The van der Waals surface area contributed by atoms with E-state index in [-0.39, 0.29) is 0 Å². The van der Waals surface area contributed by atoms with Crippen molar-refractivity contribution >= 4 is 15.9 Å². The fraction of sp³-hybridized carbons (Fsp3) is 0.182. The number of halogens is 1. The summed E-state index contributed by atoms with van der Waals surface area (Å²) in [7, 11) is 0. The predicted octanol–water partition coefficient (Wildman–Crippen LogP) is 2.46. The molecule has 2 rings (SSSR count). The third-order valence-corrected chi connectivity index (χ3v) is 2.80. The van der Waals surface area contributed by atoms with Gasteiger partial charge in [-0.15, -0.1) is 5.10 Å². The van der Waals surface area contributed by atoms with Crippen LogP contribution in [0.5, 0.6) is 0 Å². The van der Waals surface area contributed by atoms with Gasteiger partial charge in [-0.1, -0.05) is 28.1 Å². The first-order valence-corrected chi connectivity index (χ1v) is 5.66. The van der Waals surface area contributed by atoms with Crippen LogP contribution in [0.3, 0.4) is 0 Å². The van der Waals surface area contributed by atoms with Crippen LogP contribution in [0.15, 0.2) is 28.7 Å². The Labute approximate surface area is 102 Å². The molecule has 1 heterocycles. The summed E-state index contributed by atoms with van der Waals surface area (Å²) in [6.45, 7) is 1.98. The van der Waals surface area contributed by atoms with E-state index in [0.717, 1.165) is 22.3 Å². The van der Waals surface area contributed by atoms with Gasteiger partial charge in [0.05, 0.1) is 11.4 Å². The molecule has 5 heteroatoms. The molecule has 1 aromatic heterocycles. The number of hydrogen-bond donors (Lipinski definition) is 0. The summed E-state index contributed by atoms with van der Waals surface area (Å²) in [5, 5.41) is 16.7. The Morgan fingerprint density at radius 3 is 2.62 bits per heavy atom. The highest BCUT2D eigenvalue weighted by Gasteiger charge is 2.11. The van der Waals surface area contributed by atoms with Crippen LogP contribution in [0.2, 0.25) is 0 Å². The molecule has 0 saturated heterocycles. The molecule has 0 saturated carbocycles. The van der Waals surface area contributed by atoms with Crippen molar-refractivity contribution in [3.8, 4) is 11.8 Å².